The molecule has 39 heavy (non-hydrogen) atoms. The van der Waals surface area contributed by atoms with Crippen LogP contribution in [0.5, 0.6) is 0 Å². The Morgan fingerprint density at radius 3 is 2.56 bits per heavy atom. The van der Waals surface area contributed by atoms with E-state index >= 15 is 0 Å². The molecule has 0 atom stereocenters. The molecule has 9 nitrogen and oxygen atoms in total. The number of carbonyl (C=O) groups is 1. The standard InChI is InChI=1S/C29H34ClN7O2/c1-17(2)36-16-24(30)27-22(28(38)34-15-23-18(3)11-19(4)37(31)29(23)39)12-21(13-25(27)36)20-5-6-26(33-14-20)35-9-7-32-8-10-35/h5-6,11-14,16-17,32H,7-10,15,31H2,1-4H3,(H,34,38). The number of nitrogens with one attached hydrogen (secondary N) is 2. The summed E-state index contributed by atoms with van der Waals surface area (Å²) >= 11 is 6.69. The molecule has 1 saturated heterocycles. The van der Waals surface area contributed by atoms with E-state index in [1.807, 2.05) is 43.6 Å². The number of piperazine rings is 1. The quantitative estimate of drug-likeness (QED) is 0.317. The van der Waals surface area contributed by atoms with Crippen LogP contribution in [0.2, 0.25) is 5.02 Å². The van der Waals surface area contributed by atoms with Gasteiger partial charge in [0.05, 0.1) is 16.1 Å². The molecule has 0 bridgehead atoms. The fraction of sp³-hybridized carbons (Fsp3) is 0.345. The van der Waals surface area contributed by atoms with Gasteiger partial charge in [0.15, 0.2) is 0 Å². The number of nitrogens with two attached hydrogens (primary N) is 1. The van der Waals surface area contributed by atoms with Crippen molar-refractivity contribution < 1.29 is 4.79 Å². The van der Waals surface area contributed by atoms with Gasteiger partial charge < -0.3 is 25.9 Å². The van der Waals surface area contributed by atoms with E-state index in [2.05, 4.69) is 40.0 Å². The van der Waals surface area contributed by atoms with Gasteiger partial charge in [-0.3, -0.25) is 9.59 Å². The van der Waals surface area contributed by atoms with Crippen molar-refractivity contribution in [3.05, 3.63) is 80.5 Å². The van der Waals surface area contributed by atoms with Crippen molar-refractivity contribution in [2.24, 2.45) is 0 Å². The summed E-state index contributed by atoms with van der Waals surface area (Å²) in [6.45, 7) is 11.5. The lowest BCUT2D eigenvalue weighted by Gasteiger charge is -2.28. The summed E-state index contributed by atoms with van der Waals surface area (Å²) in [5, 5.41) is 7.46. The van der Waals surface area contributed by atoms with Gasteiger partial charge >= 0.3 is 0 Å². The van der Waals surface area contributed by atoms with E-state index in [9.17, 15) is 9.59 Å². The van der Waals surface area contributed by atoms with Crippen molar-refractivity contribution in [3.8, 4) is 11.1 Å². The number of fused-ring (bicyclic) bond motifs is 1. The molecule has 1 aliphatic heterocycles. The van der Waals surface area contributed by atoms with Crippen LogP contribution in [0, 0.1) is 13.8 Å². The van der Waals surface area contributed by atoms with E-state index in [0.717, 1.165) is 58.9 Å². The SMILES string of the molecule is Cc1cc(C)n(N)c(=O)c1CNC(=O)c1cc(-c2ccc(N3CCNCC3)nc2)cc2c1c(Cl)cn2C(C)C. The number of anilines is 1. The lowest BCUT2D eigenvalue weighted by Crippen LogP contribution is -2.43. The van der Waals surface area contributed by atoms with Crippen LogP contribution in [0.4, 0.5) is 5.82 Å². The summed E-state index contributed by atoms with van der Waals surface area (Å²) in [6, 6.07) is 9.93. The Morgan fingerprint density at radius 2 is 1.90 bits per heavy atom. The van der Waals surface area contributed by atoms with Crippen molar-refractivity contribution in [2.75, 3.05) is 36.9 Å². The lowest BCUT2D eigenvalue weighted by molar-refractivity contribution is 0.0952. The summed E-state index contributed by atoms with van der Waals surface area (Å²) in [5.74, 6) is 6.51. The van der Waals surface area contributed by atoms with Crippen molar-refractivity contribution in [1.29, 1.82) is 0 Å². The summed E-state index contributed by atoms with van der Waals surface area (Å²) in [6.07, 6.45) is 3.71. The Hall–Kier alpha value is -3.82. The van der Waals surface area contributed by atoms with Crippen LogP contribution in [0.15, 0.2) is 47.5 Å². The number of aryl methyl sites for hydroxylation is 2. The van der Waals surface area contributed by atoms with Gasteiger partial charge in [0.2, 0.25) is 0 Å². The number of nitrogens with zero attached hydrogens (tertiary/aromatic N) is 4. The van der Waals surface area contributed by atoms with Gasteiger partial charge in [-0.1, -0.05) is 11.6 Å². The molecule has 4 heterocycles. The molecule has 0 unspecified atom stereocenters. The molecule has 5 rings (SSSR count). The number of amides is 1. The van der Waals surface area contributed by atoms with E-state index in [0.29, 0.717) is 27.2 Å². The molecule has 0 radical (unpaired) electrons. The average Bonchev–Trinajstić information content (AvgIpc) is 3.28. The first kappa shape index (κ1) is 26.8. The van der Waals surface area contributed by atoms with Crippen molar-refractivity contribution in [2.45, 2.75) is 40.3 Å². The molecule has 1 amide bonds. The van der Waals surface area contributed by atoms with Crippen LogP contribution >= 0.6 is 11.6 Å². The van der Waals surface area contributed by atoms with Crippen molar-refractivity contribution in [1.82, 2.24) is 24.9 Å². The average molecular weight is 548 g/mol. The van der Waals surface area contributed by atoms with E-state index in [1.54, 1.807) is 6.92 Å². The number of carbonyl (C=O) groups excluding carboxylic acids is 1. The van der Waals surface area contributed by atoms with Crippen LogP contribution in [0.1, 0.15) is 47.1 Å². The molecule has 4 N–H and O–H groups in total. The Balaban J connectivity index is 1.53. The second-order valence-electron chi connectivity index (χ2n) is 10.3. The maximum absolute atomic E-state index is 13.6. The smallest absolute Gasteiger partial charge is 0.274 e. The Labute approximate surface area is 232 Å². The Bertz CT molecular complexity index is 1600. The first-order chi connectivity index (χ1) is 18.7. The van der Waals surface area contributed by atoms with E-state index in [1.165, 1.54) is 0 Å². The third-order valence-corrected chi connectivity index (χ3v) is 7.68. The Kier molecular flexibility index (Phi) is 7.38. The highest BCUT2D eigenvalue weighted by Gasteiger charge is 2.21. The van der Waals surface area contributed by atoms with Gasteiger partial charge in [-0.2, -0.15) is 0 Å². The molecule has 1 fully saturated rings. The van der Waals surface area contributed by atoms with Gasteiger partial charge in [0.1, 0.15) is 5.82 Å². The topological polar surface area (TPSA) is 110 Å². The highest BCUT2D eigenvalue weighted by Crippen LogP contribution is 2.35. The van der Waals surface area contributed by atoms with E-state index < -0.39 is 0 Å². The number of rotatable bonds is 6. The van der Waals surface area contributed by atoms with Gasteiger partial charge in [-0.05, 0) is 69.2 Å². The number of benzene rings is 1. The molecule has 0 aliphatic carbocycles. The minimum atomic E-state index is -0.327. The summed E-state index contributed by atoms with van der Waals surface area (Å²) in [5.41, 5.74) is 4.61. The second kappa shape index (κ2) is 10.7. The summed E-state index contributed by atoms with van der Waals surface area (Å²) in [7, 11) is 0. The predicted octanol–water partition coefficient (Wildman–Crippen LogP) is 3.77. The van der Waals surface area contributed by atoms with Gasteiger partial charge in [-0.15, -0.1) is 0 Å². The number of nitrogen functional groups attached to an aromatic ring is 1. The zero-order chi connectivity index (χ0) is 27.8. The van der Waals surface area contributed by atoms with E-state index in [-0.39, 0.29) is 24.1 Å². The molecular weight excluding hydrogens is 514 g/mol. The zero-order valence-electron chi connectivity index (χ0n) is 22.7. The molecule has 1 aliphatic rings. The maximum Gasteiger partial charge on any atom is 0.274 e. The second-order valence-corrected chi connectivity index (χ2v) is 10.8. The number of hydrogen-bond donors (Lipinski definition) is 3. The molecule has 0 saturated carbocycles. The fourth-order valence-corrected chi connectivity index (χ4v) is 5.48. The third-order valence-electron chi connectivity index (χ3n) is 7.39. The van der Waals surface area contributed by atoms with Gasteiger partial charge in [0.25, 0.3) is 11.5 Å². The Morgan fingerprint density at radius 1 is 1.15 bits per heavy atom. The van der Waals surface area contributed by atoms with Crippen molar-refractivity contribution in [3.63, 3.8) is 0 Å². The van der Waals surface area contributed by atoms with Crippen LogP contribution < -0.4 is 26.9 Å². The van der Waals surface area contributed by atoms with Gasteiger partial charge in [-0.25, -0.2) is 9.66 Å². The molecule has 1 aromatic carbocycles. The normalized spacial score (nSPS) is 13.8. The maximum atomic E-state index is 13.6. The summed E-state index contributed by atoms with van der Waals surface area (Å²) < 4.78 is 3.17. The minimum Gasteiger partial charge on any atom is -0.354 e. The first-order valence-electron chi connectivity index (χ1n) is 13.2. The van der Waals surface area contributed by atoms with E-state index in [4.69, 9.17) is 22.4 Å². The number of aromatic nitrogens is 3. The lowest BCUT2D eigenvalue weighted by atomic mass is 10.00. The highest BCUT2D eigenvalue weighted by atomic mass is 35.5. The van der Waals surface area contributed by atoms with Crippen LogP contribution in [-0.4, -0.2) is 46.3 Å². The molecular formula is C29H34ClN7O2. The third kappa shape index (κ3) is 5.12. The zero-order valence-corrected chi connectivity index (χ0v) is 23.5. The summed E-state index contributed by atoms with van der Waals surface area (Å²) in [4.78, 5) is 33.3. The highest BCUT2D eigenvalue weighted by molar-refractivity contribution is 6.37. The first-order valence-corrected chi connectivity index (χ1v) is 13.5. The molecule has 204 valence electrons. The molecule has 4 aromatic rings. The fourth-order valence-electron chi connectivity index (χ4n) is 5.17. The molecule has 3 aromatic heterocycles. The van der Waals surface area contributed by atoms with Gasteiger partial charge in [0, 0.05) is 73.4 Å². The van der Waals surface area contributed by atoms with Crippen LogP contribution in [0.3, 0.4) is 0 Å². The number of halogens is 1. The largest absolute Gasteiger partial charge is 0.354 e. The van der Waals surface area contributed by atoms with Crippen molar-refractivity contribution >= 4 is 34.2 Å². The van der Waals surface area contributed by atoms with Crippen LogP contribution in [0.25, 0.3) is 22.0 Å². The van der Waals surface area contributed by atoms with Crippen LogP contribution in [-0.2, 0) is 6.54 Å². The minimum absolute atomic E-state index is 0.0517. The predicted molar refractivity (Wildman–Crippen MR) is 157 cm³/mol. The molecule has 10 heteroatoms. The number of hydrogen-bond acceptors (Lipinski definition) is 6. The number of pyridine rings is 2. The monoisotopic (exact) mass is 547 g/mol. The molecule has 0 spiro atoms.